The summed E-state index contributed by atoms with van der Waals surface area (Å²) in [7, 11) is 0. The van der Waals surface area contributed by atoms with Gasteiger partial charge >= 0.3 is 0 Å². The van der Waals surface area contributed by atoms with Gasteiger partial charge in [0.25, 0.3) is 0 Å². The zero-order valence-corrected chi connectivity index (χ0v) is 18.0. The van der Waals surface area contributed by atoms with Crippen molar-refractivity contribution in [3.8, 4) is 0 Å². The summed E-state index contributed by atoms with van der Waals surface area (Å²) in [6.45, 7) is 5.49. The number of carbonyl (C=O) groups excluding carboxylic acids is 1. The van der Waals surface area contributed by atoms with Crippen LogP contribution in [0.15, 0.2) is 12.3 Å². The van der Waals surface area contributed by atoms with Crippen LogP contribution in [0.1, 0.15) is 63.0 Å². The molecular formula is C23H35N5O2. The van der Waals surface area contributed by atoms with Crippen molar-refractivity contribution in [2.24, 2.45) is 5.92 Å². The molecule has 3 saturated heterocycles. The Kier molecular flexibility index (Phi) is 6.18. The first-order chi connectivity index (χ1) is 14.8. The van der Waals surface area contributed by atoms with E-state index in [0.29, 0.717) is 29.8 Å². The highest BCUT2D eigenvalue weighted by molar-refractivity contribution is 5.79. The third-order valence-corrected chi connectivity index (χ3v) is 7.51. The molecule has 1 aliphatic carbocycles. The lowest BCUT2D eigenvalue weighted by atomic mass is 9.84. The van der Waals surface area contributed by atoms with Crippen molar-refractivity contribution in [3.05, 3.63) is 18.0 Å². The first kappa shape index (κ1) is 20.2. The third-order valence-electron chi connectivity index (χ3n) is 7.51. The van der Waals surface area contributed by atoms with Crippen LogP contribution in [0.2, 0.25) is 0 Å². The molecule has 4 fully saturated rings. The number of nitrogens with zero attached hydrogens (tertiary/aromatic N) is 4. The predicted octanol–water partition coefficient (Wildman–Crippen LogP) is 2.33. The lowest BCUT2D eigenvalue weighted by molar-refractivity contribution is -0.139. The molecule has 30 heavy (non-hydrogen) atoms. The molecule has 5 rings (SSSR count). The molecule has 7 nitrogen and oxygen atoms in total. The predicted molar refractivity (Wildman–Crippen MR) is 116 cm³/mol. The summed E-state index contributed by atoms with van der Waals surface area (Å²) in [5, 5.41) is 3.86. The van der Waals surface area contributed by atoms with E-state index in [-0.39, 0.29) is 0 Å². The topological polar surface area (TPSA) is 70.6 Å². The summed E-state index contributed by atoms with van der Waals surface area (Å²) < 4.78 is 5.49. The number of aromatic nitrogens is 2. The van der Waals surface area contributed by atoms with E-state index in [1.807, 2.05) is 6.20 Å². The van der Waals surface area contributed by atoms with Gasteiger partial charge in [0.15, 0.2) is 0 Å². The van der Waals surface area contributed by atoms with Gasteiger partial charge in [-0.3, -0.25) is 4.79 Å². The number of rotatable bonds is 5. The summed E-state index contributed by atoms with van der Waals surface area (Å²) in [4.78, 5) is 26.4. The maximum atomic E-state index is 12.5. The zero-order valence-electron chi connectivity index (χ0n) is 18.0. The number of anilines is 1. The van der Waals surface area contributed by atoms with Gasteiger partial charge in [0.1, 0.15) is 0 Å². The maximum absolute atomic E-state index is 12.5. The fraction of sp³-hybridized carbons (Fsp3) is 0.783. The van der Waals surface area contributed by atoms with E-state index in [1.54, 1.807) is 0 Å². The van der Waals surface area contributed by atoms with Gasteiger partial charge in [0.05, 0.1) is 0 Å². The van der Waals surface area contributed by atoms with Crippen LogP contribution in [0.3, 0.4) is 0 Å². The number of nitrogens with one attached hydrogen (secondary N) is 1. The molecule has 0 bridgehead atoms. The van der Waals surface area contributed by atoms with E-state index in [4.69, 9.17) is 9.72 Å². The number of piperidine rings is 1. The van der Waals surface area contributed by atoms with Gasteiger partial charge in [-0.15, -0.1) is 0 Å². The SMILES string of the molecule is O=C(C1CCC1)N1CCC(NC2CCN(c3nccc(C4CCOCC4)n3)C2)CC1. The highest BCUT2D eigenvalue weighted by Gasteiger charge is 2.33. The molecule has 0 aromatic carbocycles. The number of hydrogen-bond donors (Lipinski definition) is 1. The fourth-order valence-electron chi connectivity index (χ4n) is 5.33. The summed E-state index contributed by atoms with van der Waals surface area (Å²) in [5.41, 5.74) is 1.17. The van der Waals surface area contributed by atoms with Crippen LogP contribution >= 0.6 is 0 Å². The van der Waals surface area contributed by atoms with Gasteiger partial charge in [-0.2, -0.15) is 0 Å². The molecule has 1 atom stereocenters. The van der Waals surface area contributed by atoms with E-state index in [0.717, 1.165) is 90.3 Å². The minimum atomic E-state index is 0.329. The maximum Gasteiger partial charge on any atom is 0.225 e. The van der Waals surface area contributed by atoms with Crippen LogP contribution in [0.5, 0.6) is 0 Å². The van der Waals surface area contributed by atoms with Crippen LogP contribution in [-0.2, 0) is 9.53 Å². The van der Waals surface area contributed by atoms with E-state index in [9.17, 15) is 4.79 Å². The minimum Gasteiger partial charge on any atom is -0.381 e. The van der Waals surface area contributed by atoms with Crippen molar-refractivity contribution < 1.29 is 9.53 Å². The van der Waals surface area contributed by atoms with E-state index >= 15 is 0 Å². The average molecular weight is 414 g/mol. The van der Waals surface area contributed by atoms with Crippen LogP contribution in [0.4, 0.5) is 5.95 Å². The van der Waals surface area contributed by atoms with Crippen LogP contribution in [-0.4, -0.2) is 72.3 Å². The Labute approximate surface area is 179 Å². The molecule has 3 aliphatic heterocycles. The molecule has 1 saturated carbocycles. The van der Waals surface area contributed by atoms with E-state index < -0.39 is 0 Å². The lowest BCUT2D eigenvalue weighted by Gasteiger charge is -2.37. The van der Waals surface area contributed by atoms with Crippen molar-refractivity contribution in [3.63, 3.8) is 0 Å². The number of likely N-dealkylation sites (tertiary alicyclic amines) is 1. The van der Waals surface area contributed by atoms with E-state index in [2.05, 4.69) is 26.2 Å². The largest absolute Gasteiger partial charge is 0.381 e. The standard InChI is InChI=1S/C23H35N5O2/c29-22(18-2-1-3-18)27-11-5-19(6-12-27)25-20-7-13-28(16-20)23-24-10-4-21(26-23)17-8-14-30-15-9-17/h4,10,17-20,25H,1-3,5-9,11-16H2. The Balaban J connectivity index is 1.10. The highest BCUT2D eigenvalue weighted by atomic mass is 16.5. The van der Waals surface area contributed by atoms with Crippen LogP contribution < -0.4 is 10.2 Å². The lowest BCUT2D eigenvalue weighted by Crippen LogP contribution is -2.50. The monoisotopic (exact) mass is 413 g/mol. The van der Waals surface area contributed by atoms with Crippen LogP contribution in [0.25, 0.3) is 0 Å². The molecule has 1 amide bonds. The zero-order chi connectivity index (χ0) is 20.3. The summed E-state index contributed by atoms with van der Waals surface area (Å²) in [6, 6.07) is 3.08. The average Bonchev–Trinajstić information content (AvgIpc) is 3.22. The second kappa shape index (κ2) is 9.18. The van der Waals surface area contributed by atoms with Crippen molar-refractivity contribution in [2.45, 2.75) is 69.4 Å². The number of carbonyl (C=O) groups is 1. The molecule has 1 N–H and O–H groups in total. The second-order valence-corrected chi connectivity index (χ2v) is 9.49. The van der Waals surface area contributed by atoms with Gasteiger partial charge < -0.3 is 19.9 Å². The van der Waals surface area contributed by atoms with Crippen molar-refractivity contribution in [1.82, 2.24) is 20.2 Å². The minimum absolute atomic E-state index is 0.329. The summed E-state index contributed by atoms with van der Waals surface area (Å²) >= 11 is 0. The van der Waals surface area contributed by atoms with E-state index in [1.165, 1.54) is 12.1 Å². The normalized spacial score (nSPS) is 26.7. The molecule has 4 aliphatic rings. The van der Waals surface area contributed by atoms with Gasteiger partial charge in [-0.1, -0.05) is 6.42 Å². The molecule has 4 heterocycles. The molecule has 1 aromatic heterocycles. The smallest absolute Gasteiger partial charge is 0.225 e. The van der Waals surface area contributed by atoms with Gasteiger partial charge in [0.2, 0.25) is 11.9 Å². The third kappa shape index (κ3) is 4.47. The molecule has 7 heteroatoms. The molecular weight excluding hydrogens is 378 g/mol. The Morgan fingerprint density at radius 2 is 1.77 bits per heavy atom. The number of amides is 1. The molecule has 1 aromatic rings. The molecule has 0 spiro atoms. The van der Waals surface area contributed by atoms with Gasteiger partial charge in [0, 0.05) is 75.2 Å². The molecule has 164 valence electrons. The van der Waals surface area contributed by atoms with Crippen molar-refractivity contribution in [1.29, 1.82) is 0 Å². The molecule has 1 unspecified atom stereocenters. The van der Waals surface area contributed by atoms with Gasteiger partial charge in [-0.25, -0.2) is 9.97 Å². The number of ether oxygens (including phenoxy) is 1. The summed E-state index contributed by atoms with van der Waals surface area (Å²) in [5.74, 6) is 2.12. The molecule has 0 radical (unpaired) electrons. The summed E-state index contributed by atoms with van der Waals surface area (Å²) in [6.07, 6.45) is 10.8. The Bertz CT molecular complexity index is 726. The number of hydrogen-bond acceptors (Lipinski definition) is 6. The first-order valence-corrected chi connectivity index (χ1v) is 12.0. The Morgan fingerprint density at radius 1 is 1.00 bits per heavy atom. The van der Waals surface area contributed by atoms with Crippen LogP contribution in [0, 0.1) is 5.92 Å². The Morgan fingerprint density at radius 3 is 2.50 bits per heavy atom. The van der Waals surface area contributed by atoms with Gasteiger partial charge in [-0.05, 0) is 51.0 Å². The quantitative estimate of drug-likeness (QED) is 0.799. The highest BCUT2D eigenvalue weighted by Crippen LogP contribution is 2.30. The Hall–Kier alpha value is -1.73. The first-order valence-electron chi connectivity index (χ1n) is 12.0. The van der Waals surface area contributed by atoms with Crippen molar-refractivity contribution in [2.75, 3.05) is 44.3 Å². The fourth-order valence-corrected chi connectivity index (χ4v) is 5.33. The van der Waals surface area contributed by atoms with Crippen molar-refractivity contribution >= 4 is 11.9 Å². The second-order valence-electron chi connectivity index (χ2n) is 9.49.